The Morgan fingerprint density at radius 3 is 2.65 bits per heavy atom. The molecule has 1 aromatic rings. The summed E-state index contributed by atoms with van der Waals surface area (Å²) in [6.07, 6.45) is 6.80. The molecule has 0 aliphatic rings. The number of hydrogen-bond donors (Lipinski definition) is 1. The first-order valence-electron chi connectivity index (χ1n) is 4.89. The molecular weight excluding hydrogens is 242 g/mol. The van der Waals surface area contributed by atoms with Crippen molar-refractivity contribution in [2.75, 3.05) is 14.1 Å². The minimum Gasteiger partial charge on any atom is -0.309 e. The van der Waals surface area contributed by atoms with Crippen LogP contribution in [0.1, 0.15) is 19.2 Å². The van der Waals surface area contributed by atoms with Crippen molar-refractivity contribution in [2.24, 2.45) is 5.73 Å². The molecule has 0 saturated heterocycles. The summed E-state index contributed by atoms with van der Waals surface area (Å²) in [5, 5.41) is 3.83. The molecule has 2 N–H and O–H groups in total. The van der Waals surface area contributed by atoms with Gasteiger partial charge in [-0.05, 0) is 6.42 Å². The van der Waals surface area contributed by atoms with E-state index in [-0.39, 0.29) is 5.82 Å². The van der Waals surface area contributed by atoms with Crippen molar-refractivity contribution >= 4 is 10.2 Å². The summed E-state index contributed by atoms with van der Waals surface area (Å²) in [5.41, 5.74) is 4.72. The Morgan fingerprint density at radius 2 is 2.24 bits per heavy atom. The van der Waals surface area contributed by atoms with Gasteiger partial charge in [0.2, 0.25) is 0 Å². The number of rotatable bonds is 4. The van der Waals surface area contributed by atoms with E-state index in [0.717, 1.165) is 14.7 Å². The summed E-state index contributed by atoms with van der Waals surface area (Å²) in [5.74, 6) is 2.49. The first-order valence-corrected chi connectivity index (χ1v) is 6.29. The van der Waals surface area contributed by atoms with Crippen LogP contribution in [-0.2, 0) is 15.7 Å². The molecule has 94 valence electrons. The van der Waals surface area contributed by atoms with Crippen LogP contribution in [0, 0.1) is 12.3 Å². The highest BCUT2D eigenvalue weighted by Crippen LogP contribution is 2.17. The molecule has 0 spiro atoms. The van der Waals surface area contributed by atoms with Crippen LogP contribution in [0.2, 0.25) is 0 Å². The van der Waals surface area contributed by atoms with E-state index in [0.29, 0.717) is 6.42 Å². The van der Waals surface area contributed by atoms with E-state index in [1.807, 2.05) is 0 Å². The molecule has 0 fully saturated rings. The van der Waals surface area contributed by atoms with Crippen molar-refractivity contribution in [3.05, 3.63) is 12.2 Å². The van der Waals surface area contributed by atoms with Gasteiger partial charge in [-0.3, -0.25) is 0 Å². The van der Waals surface area contributed by atoms with Crippen LogP contribution in [0.3, 0.4) is 0 Å². The average Bonchev–Trinajstić information content (AvgIpc) is 2.78. The molecule has 17 heavy (non-hydrogen) atoms. The Labute approximate surface area is 101 Å². The van der Waals surface area contributed by atoms with E-state index in [4.69, 9.17) is 12.2 Å². The van der Waals surface area contributed by atoms with Crippen LogP contribution in [-0.4, -0.2) is 41.0 Å². The summed E-state index contributed by atoms with van der Waals surface area (Å²) in [4.78, 5) is 3.86. The second-order valence-electron chi connectivity index (χ2n) is 3.70. The number of terminal acetylenes is 1. The zero-order chi connectivity index (χ0) is 13.3. The number of nitrogens with two attached hydrogens (primary N) is 1. The summed E-state index contributed by atoms with van der Waals surface area (Å²) in [6.45, 7) is 1.78. The molecule has 0 aliphatic carbocycles. The smallest absolute Gasteiger partial charge is 0.309 e. The zero-order valence-electron chi connectivity index (χ0n) is 9.95. The highest BCUT2D eigenvalue weighted by atomic mass is 32.2. The molecule has 7 nitrogen and oxygen atoms in total. The van der Waals surface area contributed by atoms with Gasteiger partial charge in [-0.2, -0.15) is 12.7 Å². The molecular formula is C9H15N5O2S. The van der Waals surface area contributed by atoms with Gasteiger partial charge in [-0.15, -0.1) is 15.6 Å². The summed E-state index contributed by atoms with van der Waals surface area (Å²) < 4.78 is 25.3. The van der Waals surface area contributed by atoms with Gasteiger partial charge in [0.15, 0.2) is 5.82 Å². The Bertz CT molecular complexity index is 542. The van der Waals surface area contributed by atoms with E-state index in [1.165, 1.54) is 14.1 Å². The number of aromatic nitrogens is 3. The van der Waals surface area contributed by atoms with E-state index in [1.54, 1.807) is 6.92 Å². The molecule has 1 aromatic heterocycles. The van der Waals surface area contributed by atoms with E-state index in [2.05, 4.69) is 16.0 Å². The molecule has 0 unspecified atom stereocenters. The van der Waals surface area contributed by atoms with E-state index < -0.39 is 15.7 Å². The predicted molar refractivity (Wildman–Crippen MR) is 63.0 cm³/mol. The molecule has 0 saturated carbocycles. The second-order valence-corrected chi connectivity index (χ2v) is 5.70. The fraction of sp³-hybridized carbons (Fsp3) is 0.556. The highest BCUT2D eigenvalue weighted by Gasteiger charge is 2.29. The van der Waals surface area contributed by atoms with Gasteiger partial charge in [0.25, 0.3) is 0 Å². The molecule has 0 aromatic carbocycles. The van der Waals surface area contributed by atoms with Gasteiger partial charge in [0.05, 0.1) is 0 Å². The predicted octanol–water partition coefficient (Wildman–Crippen LogP) is -0.870. The lowest BCUT2D eigenvalue weighted by atomic mass is 9.98. The molecule has 1 rings (SSSR count). The Balaban J connectivity index is 3.23. The van der Waals surface area contributed by atoms with Crippen LogP contribution in [0.4, 0.5) is 0 Å². The highest BCUT2D eigenvalue weighted by molar-refractivity contribution is 7.87. The average molecular weight is 257 g/mol. The van der Waals surface area contributed by atoms with Gasteiger partial charge in [0, 0.05) is 14.1 Å². The van der Waals surface area contributed by atoms with Crippen molar-refractivity contribution in [1.29, 1.82) is 0 Å². The third kappa shape index (κ3) is 2.31. The van der Waals surface area contributed by atoms with Crippen molar-refractivity contribution in [1.82, 2.24) is 18.5 Å². The van der Waals surface area contributed by atoms with Gasteiger partial charge in [-0.1, -0.05) is 12.8 Å². The first-order chi connectivity index (χ1) is 7.78. The Hall–Kier alpha value is -1.43. The third-order valence-corrected chi connectivity index (χ3v) is 3.96. The van der Waals surface area contributed by atoms with Crippen LogP contribution in [0.15, 0.2) is 6.33 Å². The molecule has 1 atom stereocenters. The Morgan fingerprint density at radius 1 is 1.65 bits per heavy atom. The van der Waals surface area contributed by atoms with Gasteiger partial charge >= 0.3 is 10.2 Å². The molecule has 1 heterocycles. The number of hydrogen-bond acceptors (Lipinski definition) is 5. The lowest BCUT2D eigenvalue weighted by molar-refractivity contribution is 0.495. The van der Waals surface area contributed by atoms with Gasteiger partial charge < -0.3 is 5.73 Å². The molecule has 0 aliphatic heterocycles. The zero-order valence-corrected chi connectivity index (χ0v) is 10.8. The minimum atomic E-state index is -3.68. The van der Waals surface area contributed by atoms with Crippen LogP contribution < -0.4 is 5.73 Å². The van der Waals surface area contributed by atoms with Crippen molar-refractivity contribution < 1.29 is 8.42 Å². The lowest BCUT2D eigenvalue weighted by Gasteiger charge is -2.17. The Kier molecular flexibility index (Phi) is 3.56. The van der Waals surface area contributed by atoms with Crippen molar-refractivity contribution in [3.63, 3.8) is 0 Å². The van der Waals surface area contributed by atoms with Gasteiger partial charge in [0.1, 0.15) is 11.9 Å². The van der Waals surface area contributed by atoms with E-state index >= 15 is 0 Å². The minimum absolute atomic E-state index is 0.118. The monoisotopic (exact) mass is 257 g/mol. The molecule has 8 heteroatoms. The van der Waals surface area contributed by atoms with Crippen LogP contribution in [0.25, 0.3) is 0 Å². The van der Waals surface area contributed by atoms with E-state index in [9.17, 15) is 8.42 Å². The largest absolute Gasteiger partial charge is 0.323 e. The summed E-state index contributed by atoms with van der Waals surface area (Å²) in [6, 6.07) is 0. The fourth-order valence-corrected chi connectivity index (χ4v) is 1.74. The maximum atomic E-state index is 11.7. The topological polar surface area (TPSA) is 94.1 Å². The summed E-state index contributed by atoms with van der Waals surface area (Å²) >= 11 is 0. The SMILES string of the molecule is C#C[C@](N)(CC)c1ncn(S(=O)(=O)N(C)C)n1. The fourth-order valence-electron chi connectivity index (χ4n) is 1.06. The van der Waals surface area contributed by atoms with Crippen molar-refractivity contribution in [2.45, 2.75) is 18.9 Å². The second kappa shape index (κ2) is 4.44. The maximum absolute atomic E-state index is 11.7. The first kappa shape index (κ1) is 13.6. The normalized spacial score (nSPS) is 15.5. The number of nitrogens with zero attached hydrogens (tertiary/aromatic N) is 4. The van der Waals surface area contributed by atoms with Crippen LogP contribution >= 0.6 is 0 Å². The third-order valence-electron chi connectivity index (χ3n) is 2.38. The maximum Gasteiger partial charge on any atom is 0.323 e. The van der Waals surface area contributed by atoms with Crippen LogP contribution in [0.5, 0.6) is 0 Å². The molecule has 0 radical (unpaired) electrons. The standard InChI is InChI=1S/C9H15N5O2S/c1-5-9(10,6-2)8-11-7-14(12-8)17(15,16)13(3)4/h1,7H,6,10H2,2-4H3/t9-/m0/s1. The molecule has 0 amide bonds. The lowest BCUT2D eigenvalue weighted by Crippen LogP contribution is -2.36. The van der Waals surface area contributed by atoms with Crippen molar-refractivity contribution in [3.8, 4) is 12.3 Å². The molecule has 0 bridgehead atoms. The summed E-state index contributed by atoms with van der Waals surface area (Å²) in [7, 11) is -0.888. The van der Waals surface area contributed by atoms with Gasteiger partial charge in [-0.25, -0.2) is 4.98 Å². The quantitative estimate of drug-likeness (QED) is 0.708.